The maximum Gasteiger partial charge on any atom is 0.361 e. The van der Waals surface area contributed by atoms with E-state index in [0.29, 0.717) is 0 Å². The average Bonchev–Trinajstić information content (AvgIpc) is 2.35. The van der Waals surface area contributed by atoms with Gasteiger partial charge in [0.05, 0.1) is 5.30 Å². The minimum atomic E-state index is -4.35. The molecule has 19 heavy (non-hydrogen) atoms. The van der Waals surface area contributed by atoms with Crippen LogP contribution in [0.4, 0.5) is 0 Å². The topological polar surface area (TPSA) is 134 Å². The Morgan fingerprint density at radius 2 is 2.11 bits per heavy atom. The second-order valence-electron chi connectivity index (χ2n) is 3.60. The highest BCUT2D eigenvalue weighted by Crippen LogP contribution is 2.42. The molecule has 1 heterocycles. The highest BCUT2D eigenvalue weighted by Gasteiger charge is 2.31. The number of pyridine rings is 1. The fourth-order valence-corrected chi connectivity index (χ4v) is 2.38. The number of carboxylic acids is 2. The molecule has 0 aromatic carbocycles. The number of nitrogens with zero attached hydrogens (tertiary/aromatic N) is 1. The molecule has 0 saturated carbocycles. The molecule has 0 aliphatic rings. The Balaban J connectivity index is 2.81. The van der Waals surface area contributed by atoms with Gasteiger partial charge in [-0.25, -0.2) is 4.79 Å². The fourth-order valence-electron chi connectivity index (χ4n) is 1.23. The molecule has 1 rings (SSSR count). The fraction of sp³-hybridized carbons (Fsp3) is 0.300. The average molecular weight is 289 g/mol. The largest absolute Gasteiger partial charge is 0.481 e. The van der Waals surface area contributed by atoms with E-state index < -0.39 is 38.5 Å². The molecule has 0 bridgehead atoms. The van der Waals surface area contributed by atoms with Crippen LogP contribution in [0.15, 0.2) is 24.5 Å². The molecule has 0 aliphatic heterocycles. The zero-order valence-corrected chi connectivity index (χ0v) is 10.6. The molecule has 0 amide bonds. The number of rotatable bonds is 7. The van der Waals surface area contributed by atoms with Crippen molar-refractivity contribution in [2.24, 2.45) is 0 Å². The molecule has 0 radical (unpaired) electrons. The van der Waals surface area contributed by atoms with Crippen molar-refractivity contribution in [2.45, 2.75) is 18.9 Å². The number of aromatic nitrogens is 1. The van der Waals surface area contributed by atoms with E-state index in [2.05, 4.69) is 9.51 Å². The van der Waals surface area contributed by atoms with Crippen molar-refractivity contribution in [2.75, 3.05) is 0 Å². The zero-order chi connectivity index (χ0) is 14.5. The predicted octanol–water partition coefficient (Wildman–Crippen LogP) is 0.227. The summed E-state index contributed by atoms with van der Waals surface area (Å²) in [6, 6.07) is 2.67. The summed E-state index contributed by atoms with van der Waals surface area (Å²) < 4.78 is 16.5. The lowest BCUT2D eigenvalue weighted by atomic mass is 10.2. The molecule has 9 heteroatoms. The monoisotopic (exact) mass is 289 g/mol. The van der Waals surface area contributed by atoms with E-state index in [1.54, 1.807) is 0 Å². The number of carboxylic acid groups (broad SMARTS) is 2. The molecule has 8 nitrogen and oxygen atoms in total. The van der Waals surface area contributed by atoms with Gasteiger partial charge in [0.2, 0.25) is 0 Å². The summed E-state index contributed by atoms with van der Waals surface area (Å²) in [5.41, 5.74) is 0. The quantitative estimate of drug-likeness (QED) is 0.607. The third-order valence-electron chi connectivity index (χ3n) is 2.14. The van der Waals surface area contributed by atoms with E-state index in [9.17, 15) is 19.0 Å². The first kappa shape index (κ1) is 15.3. The van der Waals surface area contributed by atoms with Gasteiger partial charge in [-0.2, -0.15) is 0 Å². The molecule has 0 saturated heterocycles. The van der Waals surface area contributed by atoms with Crippen molar-refractivity contribution in [3.63, 3.8) is 0 Å². The third-order valence-corrected chi connectivity index (χ3v) is 3.60. The van der Waals surface area contributed by atoms with Crippen molar-refractivity contribution in [1.29, 1.82) is 0 Å². The minimum Gasteiger partial charge on any atom is -0.481 e. The summed E-state index contributed by atoms with van der Waals surface area (Å²) in [5.74, 6) is -2.72. The molecule has 1 aromatic heterocycles. The first-order chi connectivity index (χ1) is 8.83. The molecular weight excluding hydrogens is 277 g/mol. The molecule has 3 N–H and O–H groups in total. The molecule has 0 spiro atoms. The lowest BCUT2D eigenvalue weighted by molar-refractivity contribution is -0.146. The van der Waals surface area contributed by atoms with Gasteiger partial charge in [-0.3, -0.25) is 18.9 Å². The molecule has 1 aromatic rings. The summed E-state index contributed by atoms with van der Waals surface area (Å²) >= 11 is 0. The third kappa shape index (κ3) is 4.78. The van der Waals surface area contributed by atoms with Gasteiger partial charge >= 0.3 is 19.5 Å². The Hall–Kier alpha value is -1.76. The Labute approximate surface area is 108 Å². The second-order valence-corrected chi connectivity index (χ2v) is 5.36. The summed E-state index contributed by atoms with van der Waals surface area (Å²) in [4.78, 5) is 34.5. The molecular formula is C10H12NO7P. The van der Waals surface area contributed by atoms with E-state index in [1.807, 2.05) is 0 Å². The molecule has 104 valence electrons. The van der Waals surface area contributed by atoms with Crippen molar-refractivity contribution in [3.8, 4) is 0 Å². The van der Waals surface area contributed by atoms with Gasteiger partial charge in [0.25, 0.3) is 0 Å². The van der Waals surface area contributed by atoms with Crippen LogP contribution in [0.25, 0.3) is 0 Å². The van der Waals surface area contributed by atoms with Gasteiger partial charge in [-0.15, -0.1) is 0 Å². The Kier molecular flexibility index (Phi) is 5.17. The minimum absolute atomic E-state index is 0.156. The number of carbonyl (C=O) groups is 2. The number of hydrogen-bond donors (Lipinski definition) is 3. The van der Waals surface area contributed by atoms with E-state index in [0.717, 1.165) is 6.20 Å². The van der Waals surface area contributed by atoms with Crippen molar-refractivity contribution in [1.82, 2.24) is 4.98 Å². The first-order valence-corrected chi connectivity index (χ1v) is 6.77. The van der Waals surface area contributed by atoms with E-state index in [-0.39, 0.29) is 5.30 Å². The van der Waals surface area contributed by atoms with Crippen molar-refractivity contribution >= 4 is 24.8 Å². The smallest absolute Gasteiger partial charge is 0.361 e. The molecule has 2 unspecified atom stereocenters. The van der Waals surface area contributed by atoms with Crippen LogP contribution in [-0.2, 0) is 18.7 Å². The van der Waals surface area contributed by atoms with Crippen LogP contribution >= 0.6 is 7.60 Å². The highest BCUT2D eigenvalue weighted by atomic mass is 31.2. The van der Waals surface area contributed by atoms with Crippen LogP contribution in [0.1, 0.15) is 12.8 Å². The molecule has 2 atom stereocenters. The van der Waals surface area contributed by atoms with Crippen LogP contribution < -0.4 is 5.30 Å². The van der Waals surface area contributed by atoms with Crippen LogP contribution in [0.5, 0.6) is 0 Å². The maximum absolute atomic E-state index is 11.9. The summed E-state index contributed by atoms with van der Waals surface area (Å²) in [5, 5.41) is 17.1. The van der Waals surface area contributed by atoms with Crippen molar-refractivity contribution in [3.05, 3.63) is 24.5 Å². The highest BCUT2D eigenvalue weighted by molar-refractivity contribution is 7.61. The molecule has 0 fully saturated rings. The summed E-state index contributed by atoms with van der Waals surface area (Å²) in [6.45, 7) is 0. The maximum atomic E-state index is 11.9. The number of hydrogen-bond acceptors (Lipinski definition) is 5. The van der Waals surface area contributed by atoms with Crippen molar-refractivity contribution < 1.29 is 33.8 Å². The van der Waals surface area contributed by atoms with Gasteiger partial charge in [0.1, 0.15) is 0 Å². The van der Waals surface area contributed by atoms with E-state index in [4.69, 9.17) is 10.2 Å². The van der Waals surface area contributed by atoms with Crippen LogP contribution in [0.2, 0.25) is 0 Å². The van der Waals surface area contributed by atoms with Gasteiger partial charge in [0.15, 0.2) is 6.10 Å². The Bertz CT molecular complexity index is 504. The van der Waals surface area contributed by atoms with Gasteiger partial charge in [-0.05, 0) is 18.6 Å². The second kappa shape index (κ2) is 6.42. The molecule has 0 aliphatic carbocycles. The van der Waals surface area contributed by atoms with Crippen LogP contribution in [-0.4, -0.2) is 38.1 Å². The Morgan fingerprint density at radius 1 is 1.42 bits per heavy atom. The lowest BCUT2D eigenvalue weighted by Gasteiger charge is -2.17. The van der Waals surface area contributed by atoms with E-state index >= 15 is 0 Å². The zero-order valence-electron chi connectivity index (χ0n) is 9.67. The Morgan fingerprint density at radius 3 is 2.58 bits per heavy atom. The van der Waals surface area contributed by atoms with E-state index in [1.165, 1.54) is 18.3 Å². The standard InChI is InChI=1S/C10H12NO7P/c12-9(13)4-3-8(10(14)15)18-19(16,17)7-2-1-5-11-6-7/h1-2,5-6,8H,3-4H2,(H,12,13)(H,14,15)(H,16,17). The van der Waals surface area contributed by atoms with Gasteiger partial charge < -0.3 is 15.1 Å². The number of aliphatic carboxylic acids is 2. The van der Waals surface area contributed by atoms with Crippen LogP contribution in [0, 0.1) is 0 Å². The normalized spacial score (nSPS) is 15.4. The summed E-state index contributed by atoms with van der Waals surface area (Å²) in [7, 11) is -4.35. The lowest BCUT2D eigenvalue weighted by Crippen LogP contribution is -2.26. The van der Waals surface area contributed by atoms with Gasteiger partial charge in [0, 0.05) is 18.8 Å². The van der Waals surface area contributed by atoms with Crippen LogP contribution in [0.3, 0.4) is 0 Å². The van der Waals surface area contributed by atoms with Gasteiger partial charge in [-0.1, -0.05) is 0 Å². The summed E-state index contributed by atoms with van der Waals surface area (Å²) in [6.07, 6.45) is -0.106. The SMILES string of the molecule is O=C(O)CCC(OP(=O)(O)c1cccnc1)C(=O)O. The predicted molar refractivity (Wildman–Crippen MR) is 63.1 cm³/mol. The first-order valence-electron chi connectivity index (χ1n) is 5.19.